The Morgan fingerprint density at radius 3 is 2.05 bits per heavy atom. The zero-order chi connectivity index (χ0) is 13.9. The zero-order valence-corrected chi connectivity index (χ0v) is 12.1. The molecular weight excluding hydrogens is 238 g/mol. The largest absolute Gasteiger partial charge is 0.324 e. The van der Waals surface area contributed by atoms with Crippen LogP contribution in [0.2, 0.25) is 0 Å². The summed E-state index contributed by atoms with van der Waals surface area (Å²) in [4.78, 5) is 24.8. The maximum Gasteiger partial charge on any atom is 0.138 e. The van der Waals surface area contributed by atoms with Crippen LogP contribution in [-0.2, 0) is 9.59 Å². The lowest BCUT2D eigenvalue weighted by Crippen LogP contribution is -2.42. The smallest absolute Gasteiger partial charge is 0.138 e. The summed E-state index contributed by atoms with van der Waals surface area (Å²) in [6, 6.07) is 0. The molecule has 2 atom stereocenters. The molecule has 2 rings (SSSR count). The molecule has 2 saturated carbocycles. The number of carbonyl (C=O) groups excluding carboxylic acids is 2. The number of unbranched alkanes of at least 4 members (excludes halogenated alkanes) is 2. The minimum atomic E-state index is -0.555. The van der Waals surface area contributed by atoms with Gasteiger partial charge < -0.3 is 5.73 Å². The Labute approximate surface area is 116 Å². The second kappa shape index (κ2) is 6.17. The van der Waals surface area contributed by atoms with Crippen LogP contribution in [0.4, 0.5) is 0 Å². The van der Waals surface area contributed by atoms with Crippen molar-refractivity contribution >= 4 is 11.6 Å². The molecule has 0 heterocycles. The van der Waals surface area contributed by atoms with Gasteiger partial charge in [-0.2, -0.15) is 0 Å². The van der Waals surface area contributed by atoms with Gasteiger partial charge in [-0.25, -0.2) is 0 Å². The van der Waals surface area contributed by atoms with E-state index in [2.05, 4.69) is 6.92 Å². The van der Waals surface area contributed by atoms with Gasteiger partial charge in [0.25, 0.3) is 0 Å². The molecule has 2 unspecified atom stereocenters. The molecule has 2 aliphatic rings. The van der Waals surface area contributed by atoms with Crippen molar-refractivity contribution in [3.63, 3.8) is 0 Å². The fraction of sp³-hybridized carbons (Fsp3) is 0.875. The van der Waals surface area contributed by atoms with Crippen LogP contribution in [0.5, 0.6) is 0 Å². The van der Waals surface area contributed by atoms with Crippen molar-refractivity contribution in [1.82, 2.24) is 0 Å². The van der Waals surface area contributed by atoms with Crippen molar-refractivity contribution in [2.24, 2.45) is 17.6 Å². The van der Waals surface area contributed by atoms with E-state index >= 15 is 0 Å². The van der Waals surface area contributed by atoms with Gasteiger partial charge in [-0.3, -0.25) is 9.59 Å². The number of fused-ring (bicyclic) bond motifs is 1. The molecule has 0 radical (unpaired) electrons. The lowest BCUT2D eigenvalue weighted by atomic mass is 9.75. The monoisotopic (exact) mass is 265 g/mol. The predicted octanol–water partition coefficient (Wildman–Crippen LogP) is 3.00. The van der Waals surface area contributed by atoms with E-state index in [0.29, 0.717) is 12.8 Å². The fourth-order valence-electron chi connectivity index (χ4n) is 3.82. The van der Waals surface area contributed by atoms with Gasteiger partial charge in [-0.15, -0.1) is 0 Å². The van der Waals surface area contributed by atoms with Crippen LogP contribution in [0.1, 0.15) is 71.1 Å². The zero-order valence-electron chi connectivity index (χ0n) is 12.1. The van der Waals surface area contributed by atoms with Crippen LogP contribution < -0.4 is 5.73 Å². The van der Waals surface area contributed by atoms with Gasteiger partial charge in [0.2, 0.25) is 0 Å². The molecule has 0 spiro atoms. The molecule has 0 amide bonds. The molecule has 0 aliphatic heterocycles. The van der Waals surface area contributed by atoms with E-state index in [0.717, 1.165) is 51.4 Å². The molecule has 3 heteroatoms. The van der Waals surface area contributed by atoms with E-state index in [-0.39, 0.29) is 23.4 Å². The number of rotatable bonds is 4. The van der Waals surface area contributed by atoms with Crippen LogP contribution >= 0.6 is 0 Å². The molecule has 108 valence electrons. The van der Waals surface area contributed by atoms with E-state index < -0.39 is 5.54 Å². The third kappa shape index (κ3) is 3.44. The number of hydrogen-bond acceptors (Lipinski definition) is 3. The summed E-state index contributed by atoms with van der Waals surface area (Å²) in [5.74, 6) is 0.486. The van der Waals surface area contributed by atoms with Gasteiger partial charge in [0.05, 0.1) is 0 Å². The standard InChI is InChI=1S/C16H27NO2/c1-2-3-6-9-16(17)10-14(18)12-7-4-5-8-13(12)15(19)11-16/h12-13H,2-11,17H2,1H3. The first kappa shape index (κ1) is 14.7. The quantitative estimate of drug-likeness (QED) is 0.795. The minimum absolute atomic E-state index is 0.0159. The summed E-state index contributed by atoms with van der Waals surface area (Å²) in [5.41, 5.74) is 5.84. The predicted molar refractivity (Wildman–Crippen MR) is 75.8 cm³/mol. The topological polar surface area (TPSA) is 60.2 Å². The number of ketones is 2. The third-order valence-electron chi connectivity index (χ3n) is 4.92. The van der Waals surface area contributed by atoms with Crippen LogP contribution in [-0.4, -0.2) is 17.1 Å². The molecule has 0 aromatic heterocycles. The normalized spacial score (nSPS) is 35.9. The summed E-state index contributed by atoms with van der Waals surface area (Å²) in [7, 11) is 0. The Morgan fingerprint density at radius 2 is 1.58 bits per heavy atom. The Bertz CT molecular complexity index is 325. The Balaban J connectivity index is 2.08. The Hall–Kier alpha value is -0.700. The van der Waals surface area contributed by atoms with Gasteiger partial charge in [-0.05, 0) is 19.3 Å². The summed E-state index contributed by atoms with van der Waals surface area (Å²) in [5, 5.41) is 0. The SMILES string of the molecule is CCCCCC1(N)CC(=O)C2CCCCC2C(=O)C1. The molecule has 2 aliphatic carbocycles. The molecule has 0 aromatic carbocycles. The highest BCUT2D eigenvalue weighted by Crippen LogP contribution is 2.39. The minimum Gasteiger partial charge on any atom is -0.324 e. The van der Waals surface area contributed by atoms with Crippen molar-refractivity contribution < 1.29 is 9.59 Å². The molecule has 0 bridgehead atoms. The molecule has 2 N–H and O–H groups in total. The molecule has 0 saturated heterocycles. The number of Topliss-reactive ketones (excluding diaryl/α,β-unsaturated/α-hetero) is 2. The summed E-state index contributed by atoms with van der Waals surface area (Å²) < 4.78 is 0. The van der Waals surface area contributed by atoms with E-state index in [1.807, 2.05) is 0 Å². The third-order valence-corrected chi connectivity index (χ3v) is 4.92. The van der Waals surface area contributed by atoms with Gasteiger partial charge in [0.1, 0.15) is 11.6 Å². The average molecular weight is 265 g/mol. The molecular formula is C16H27NO2. The van der Waals surface area contributed by atoms with Crippen molar-refractivity contribution in [2.45, 2.75) is 76.7 Å². The fourth-order valence-corrected chi connectivity index (χ4v) is 3.82. The van der Waals surface area contributed by atoms with Gasteiger partial charge in [0.15, 0.2) is 0 Å². The molecule has 19 heavy (non-hydrogen) atoms. The van der Waals surface area contributed by atoms with Crippen LogP contribution in [0.3, 0.4) is 0 Å². The van der Waals surface area contributed by atoms with Crippen molar-refractivity contribution in [1.29, 1.82) is 0 Å². The van der Waals surface area contributed by atoms with E-state index in [9.17, 15) is 9.59 Å². The summed E-state index contributed by atoms with van der Waals surface area (Å²) in [6.07, 6.45) is 8.95. The highest BCUT2D eigenvalue weighted by Gasteiger charge is 2.44. The number of carbonyl (C=O) groups is 2. The first-order valence-corrected chi connectivity index (χ1v) is 7.90. The lowest BCUT2D eigenvalue weighted by Gasteiger charge is -2.27. The van der Waals surface area contributed by atoms with E-state index in [4.69, 9.17) is 5.73 Å². The molecule has 0 aromatic rings. The molecule has 3 nitrogen and oxygen atoms in total. The van der Waals surface area contributed by atoms with Gasteiger partial charge >= 0.3 is 0 Å². The summed E-state index contributed by atoms with van der Waals surface area (Å²) in [6.45, 7) is 2.15. The molecule has 2 fully saturated rings. The highest BCUT2D eigenvalue weighted by atomic mass is 16.1. The Kier molecular flexibility index (Phi) is 4.77. The lowest BCUT2D eigenvalue weighted by molar-refractivity contribution is -0.131. The second-order valence-electron chi connectivity index (χ2n) is 6.60. The second-order valence-corrected chi connectivity index (χ2v) is 6.60. The number of hydrogen-bond donors (Lipinski definition) is 1. The maximum absolute atomic E-state index is 12.4. The summed E-state index contributed by atoms with van der Waals surface area (Å²) >= 11 is 0. The van der Waals surface area contributed by atoms with Gasteiger partial charge in [-0.1, -0.05) is 39.0 Å². The van der Waals surface area contributed by atoms with Crippen LogP contribution in [0.25, 0.3) is 0 Å². The maximum atomic E-state index is 12.4. The van der Waals surface area contributed by atoms with E-state index in [1.54, 1.807) is 0 Å². The van der Waals surface area contributed by atoms with Crippen LogP contribution in [0, 0.1) is 11.8 Å². The average Bonchev–Trinajstić information content (AvgIpc) is 2.47. The van der Waals surface area contributed by atoms with Crippen molar-refractivity contribution in [2.75, 3.05) is 0 Å². The first-order valence-electron chi connectivity index (χ1n) is 7.90. The van der Waals surface area contributed by atoms with E-state index in [1.165, 1.54) is 0 Å². The van der Waals surface area contributed by atoms with Crippen molar-refractivity contribution in [3.05, 3.63) is 0 Å². The highest BCUT2D eigenvalue weighted by molar-refractivity contribution is 5.93. The Morgan fingerprint density at radius 1 is 1.05 bits per heavy atom. The van der Waals surface area contributed by atoms with Crippen molar-refractivity contribution in [3.8, 4) is 0 Å². The number of nitrogens with two attached hydrogens (primary N) is 1. The first-order chi connectivity index (χ1) is 9.06. The van der Waals surface area contributed by atoms with Gasteiger partial charge in [0, 0.05) is 30.2 Å². The van der Waals surface area contributed by atoms with Crippen LogP contribution in [0.15, 0.2) is 0 Å².